The van der Waals surface area contributed by atoms with Gasteiger partial charge in [0.2, 0.25) is 0 Å². The third-order valence-electron chi connectivity index (χ3n) is 4.43. The predicted octanol–water partition coefficient (Wildman–Crippen LogP) is 1.79. The zero-order chi connectivity index (χ0) is 8.89. The number of nitrogens with zero attached hydrogens (tertiary/aromatic N) is 1. The molecule has 3 saturated heterocycles. The minimum atomic E-state index is 0.546. The average Bonchev–Trinajstić information content (AvgIpc) is 2.88. The van der Waals surface area contributed by atoms with E-state index < -0.39 is 0 Å². The Bertz CT molecular complexity index is 210. The molecule has 0 saturated carbocycles. The highest BCUT2D eigenvalue weighted by atomic mass is 16.6. The summed E-state index contributed by atoms with van der Waals surface area (Å²) in [6.07, 6.45) is 9.07. The van der Waals surface area contributed by atoms with Gasteiger partial charge >= 0.3 is 0 Å². The molecule has 2 heteroatoms. The first kappa shape index (κ1) is 8.25. The van der Waals surface area contributed by atoms with Crippen LogP contribution in [0.4, 0.5) is 0 Å². The topological polar surface area (TPSA) is 15.8 Å². The molecule has 0 amide bonds. The molecule has 3 fully saturated rings. The summed E-state index contributed by atoms with van der Waals surface area (Å²) >= 11 is 0. The van der Waals surface area contributed by atoms with Crippen molar-refractivity contribution in [3.8, 4) is 0 Å². The molecule has 2 bridgehead atoms. The van der Waals surface area contributed by atoms with Gasteiger partial charge in [0.25, 0.3) is 0 Å². The zero-order valence-corrected chi connectivity index (χ0v) is 8.46. The quantitative estimate of drug-likeness (QED) is 0.604. The van der Waals surface area contributed by atoms with Gasteiger partial charge in [-0.1, -0.05) is 6.42 Å². The highest BCUT2D eigenvalue weighted by Gasteiger charge is 2.49. The smallest absolute Gasteiger partial charge is 0.0827 e. The summed E-state index contributed by atoms with van der Waals surface area (Å²) in [6.45, 7) is 1.03. The molecule has 3 atom stereocenters. The fourth-order valence-corrected chi connectivity index (χ4v) is 3.46. The summed E-state index contributed by atoms with van der Waals surface area (Å²) in [5.74, 6) is 0. The van der Waals surface area contributed by atoms with Crippen LogP contribution >= 0.6 is 0 Å². The molecule has 0 aliphatic carbocycles. The van der Waals surface area contributed by atoms with Gasteiger partial charge in [-0.05, 0) is 39.2 Å². The van der Waals surface area contributed by atoms with Crippen LogP contribution in [-0.2, 0) is 4.74 Å². The van der Waals surface area contributed by atoms with E-state index in [9.17, 15) is 0 Å². The molecular formula is C11H19NO. The molecule has 3 rings (SSSR count). The van der Waals surface area contributed by atoms with Crippen LogP contribution in [0.1, 0.15) is 38.5 Å². The van der Waals surface area contributed by atoms with Crippen molar-refractivity contribution in [2.24, 2.45) is 0 Å². The molecule has 3 aliphatic rings. The number of hydrogen-bond donors (Lipinski definition) is 0. The summed E-state index contributed by atoms with van der Waals surface area (Å²) in [7, 11) is 2.33. The number of fused-ring (bicyclic) bond motifs is 2. The normalized spacial score (nSPS) is 49.6. The molecule has 0 N–H and O–H groups in total. The lowest BCUT2D eigenvalue weighted by Gasteiger charge is -2.42. The number of epoxide rings is 1. The first-order chi connectivity index (χ1) is 6.30. The van der Waals surface area contributed by atoms with E-state index >= 15 is 0 Å². The van der Waals surface area contributed by atoms with Crippen molar-refractivity contribution >= 4 is 0 Å². The summed E-state index contributed by atoms with van der Waals surface area (Å²) in [4.78, 5) is 2.66. The largest absolute Gasteiger partial charge is 0.373 e. The molecule has 0 aromatic heterocycles. The summed E-state index contributed by atoms with van der Waals surface area (Å²) in [6, 6.07) is 0.896. The van der Waals surface area contributed by atoms with Crippen LogP contribution in [0.15, 0.2) is 0 Å². The second kappa shape index (κ2) is 2.71. The minimum Gasteiger partial charge on any atom is -0.373 e. The summed E-state index contributed by atoms with van der Waals surface area (Å²) in [5, 5.41) is 0. The van der Waals surface area contributed by atoms with Crippen LogP contribution in [-0.4, -0.2) is 36.2 Å². The van der Waals surface area contributed by atoms with E-state index in [1.165, 1.54) is 38.5 Å². The first-order valence-electron chi connectivity index (χ1n) is 5.65. The van der Waals surface area contributed by atoms with Crippen molar-refractivity contribution < 1.29 is 4.74 Å². The fraction of sp³-hybridized carbons (Fsp3) is 1.00. The van der Waals surface area contributed by atoms with E-state index in [1.807, 2.05) is 0 Å². The van der Waals surface area contributed by atoms with E-state index in [4.69, 9.17) is 4.74 Å². The van der Waals surface area contributed by atoms with Crippen LogP contribution in [0.3, 0.4) is 0 Å². The molecule has 2 nitrogen and oxygen atoms in total. The second-order valence-corrected chi connectivity index (χ2v) is 5.08. The molecule has 13 heavy (non-hydrogen) atoms. The lowest BCUT2D eigenvalue weighted by Crippen LogP contribution is -2.48. The van der Waals surface area contributed by atoms with Crippen LogP contribution < -0.4 is 0 Å². The number of piperidine rings is 1. The molecular weight excluding hydrogens is 162 g/mol. The van der Waals surface area contributed by atoms with Gasteiger partial charge in [-0.3, -0.25) is 4.90 Å². The van der Waals surface area contributed by atoms with Gasteiger partial charge in [0.05, 0.1) is 12.7 Å². The standard InChI is InChI=1S/C11H19NO/c1-12-9-3-2-5-11(12,6-4-9)7-10-8-13-10/h9-10H,2-8H2,1H3/t9-,10?,11+/m1/s1. The first-order valence-corrected chi connectivity index (χ1v) is 5.65. The van der Waals surface area contributed by atoms with Crippen molar-refractivity contribution in [3.05, 3.63) is 0 Å². The Morgan fingerprint density at radius 1 is 1.38 bits per heavy atom. The van der Waals surface area contributed by atoms with Gasteiger partial charge in [0.1, 0.15) is 0 Å². The Labute approximate surface area is 80.2 Å². The highest BCUT2D eigenvalue weighted by Crippen LogP contribution is 2.46. The molecule has 0 aromatic carbocycles. The summed E-state index contributed by atoms with van der Waals surface area (Å²) < 4.78 is 5.38. The molecule has 0 spiro atoms. The van der Waals surface area contributed by atoms with Crippen LogP contribution in [0, 0.1) is 0 Å². The van der Waals surface area contributed by atoms with Gasteiger partial charge in [-0.25, -0.2) is 0 Å². The van der Waals surface area contributed by atoms with E-state index in [-0.39, 0.29) is 0 Å². The molecule has 3 heterocycles. The second-order valence-electron chi connectivity index (χ2n) is 5.08. The third kappa shape index (κ3) is 1.23. The monoisotopic (exact) mass is 181 g/mol. The van der Waals surface area contributed by atoms with E-state index in [0.717, 1.165) is 12.6 Å². The Morgan fingerprint density at radius 3 is 3.00 bits per heavy atom. The lowest BCUT2D eigenvalue weighted by atomic mass is 9.84. The SMILES string of the molecule is CN1[C@@H]2CCC[C@@]1(CC1CO1)CC2. The number of ether oxygens (including phenoxy) is 1. The fourth-order valence-electron chi connectivity index (χ4n) is 3.46. The maximum Gasteiger partial charge on any atom is 0.0827 e. The Balaban J connectivity index is 1.78. The van der Waals surface area contributed by atoms with Gasteiger partial charge in [-0.15, -0.1) is 0 Å². The van der Waals surface area contributed by atoms with Crippen molar-refractivity contribution in [2.45, 2.75) is 56.2 Å². The Morgan fingerprint density at radius 2 is 2.23 bits per heavy atom. The maximum atomic E-state index is 5.38. The zero-order valence-electron chi connectivity index (χ0n) is 8.46. The minimum absolute atomic E-state index is 0.546. The number of rotatable bonds is 2. The average molecular weight is 181 g/mol. The van der Waals surface area contributed by atoms with Crippen molar-refractivity contribution in [3.63, 3.8) is 0 Å². The van der Waals surface area contributed by atoms with Gasteiger partial charge in [-0.2, -0.15) is 0 Å². The predicted molar refractivity (Wildman–Crippen MR) is 51.7 cm³/mol. The van der Waals surface area contributed by atoms with Crippen LogP contribution in [0.2, 0.25) is 0 Å². The van der Waals surface area contributed by atoms with Gasteiger partial charge < -0.3 is 4.74 Å². The van der Waals surface area contributed by atoms with Gasteiger partial charge in [0.15, 0.2) is 0 Å². The lowest BCUT2D eigenvalue weighted by molar-refractivity contribution is 0.0671. The molecule has 0 radical (unpaired) electrons. The molecule has 74 valence electrons. The maximum absolute atomic E-state index is 5.38. The Hall–Kier alpha value is -0.0800. The molecule has 3 aliphatic heterocycles. The molecule has 0 aromatic rings. The Kier molecular flexibility index (Phi) is 1.72. The van der Waals surface area contributed by atoms with Crippen LogP contribution in [0.5, 0.6) is 0 Å². The van der Waals surface area contributed by atoms with Crippen molar-refractivity contribution in [1.82, 2.24) is 4.90 Å². The van der Waals surface area contributed by atoms with E-state index in [0.29, 0.717) is 11.6 Å². The van der Waals surface area contributed by atoms with Gasteiger partial charge in [0, 0.05) is 11.6 Å². The number of hydrogen-bond acceptors (Lipinski definition) is 2. The third-order valence-corrected chi connectivity index (χ3v) is 4.43. The van der Waals surface area contributed by atoms with E-state index in [1.54, 1.807) is 0 Å². The van der Waals surface area contributed by atoms with Crippen molar-refractivity contribution in [1.29, 1.82) is 0 Å². The van der Waals surface area contributed by atoms with E-state index in [2.05, 4.69) is 11.9 Å². The van der Waals surface area contributed by atoms with Crippen molar-refractivity contribution in [2.75, 3.05) is 13.7 Å². The van der Waals surface area contributed by atoms with Crippen LogP contribution in [0.25, 0.3) is 0 Å². The molecule has 1 unspecified atom stereocenters. The highest BCUT2D eigenvalue weighted by molar-refractivity contribution is 5.04. The summed E-state index contributed by atoms with van der Waals surface area (Å²) in [5.41, 5.74) is 0.546.